The van der Waals surface area contributed by atoms with E-state index in [0.717, 1.165) is 10.0 Å². The molecule has 1 aromatic carbocycles. The second kappa shape index (κ2) is 3.53. The first-order valence-corrected chi connectivity index (χ1v) is 3.90. The standard InChI is InChI=1S/C8H7BrO2/c1-6-2-3-7(11-5-10)4-8(6)9/h2-5H,1H3. The summed E-state index contributed by atoms with van der Waals surface area (Å²) in [5, 5.41) is 0. The molecule has 0 heterocycles. The number of ether oxygens (including phenoxy) is 1. The quantitative estimate of drug-likeness (QED) is 0.707. The first-order chi connectivity index (χ1) is 5.24. The Balaban J connectivity index is 2.95. The van der Waals surface area contributed by atoms with Crippen molar-refractivity contribution in [3.05, 3.63) is 28.2 Å². The van der Waals surface area contributed by atoms with Gasteiger partial charge in [-0.3, -0.25) is 4.79 Å². The van der Waals surface area contributed by atoms with Crippen LogP contribution in [0.1, 0.15) is 5.56 Å². The molecule has 0 saturated carbocycles. The zero-order valence-electron chi connectivity index (χ0n) is 6.00. The highest BCUT2D eigenvalue weighted by Gasteiger charge is 1.96. The summed E-state index contributed by atoms with van der Waals surface area (Å²) in [5.41, 5.74) is 1.11. The molecule has 0 aliphatic heterocycles. The van der Waals surface area contributed by atoms with E-state index in [2.05, 4.69) is 20.7 Å². The van der Waals surface area contributed by atoms with Gasteiger partial charge in [-0.15, -0.1) is 0 Å². The van der Waals surface area contributed by atoms with Crippen LogP contribution in [0.4, 0.5) is 0 Å². The maximum Gasteiger partial charge on any atom is 0.298 e. The molecule has 0 N–H and O–H groups in total. The third-order valence-corrected chi connectivity index (χ3v) is 2.18. The molecule has 1 aromatic rings. The predicted octanol–water partition coefficient (Wildman–Crippen LogP) is 2.29. The molecule has 0 spiro atoms. The van der Waals surface area contributed by atoms with Gasteiger partial charge in [-0.05, 0) is 24.6 Å². The van der Waals surface area contributed by atoms with Crippen molar-refractivity contribution in [3.8, 4) is 5.75 Å². The number of halogens is 1. The minimum Gasteiger partial charge on any atom is -0.429 e. The van der Waals surface area contributed by atoms with E-state index in [9.17, 15) is 4.79 Å². The molecule has 0 radical (unpaired) electrons. The van der Waals surface area contributed by atoms with Crippen LogP contribution < -0.4 is 4.74 Å². The summed E-state index contributed by atoms with van der Waals surface area (Å²) in [6.07, 6.45) is 0. The molecule has 0 aliphatic rings. The zero-order chi connectivity index (χ0) is 8.27. The molecule has 0 unspecified atom stereocenters. The van der Waals surface area contributed by atoms with E-state index < -0.39 is 0 Å². The molecule has 11 heavy (non-hydrogen) atoms. The number of rotatable bonds is 2. The summed E-state index contributed by atoms with van der Waals surface area (Å²) in [6.45, 7) is 2.38. The van der Waals surface area contributed by atoms with Gasteiger partial charge in [0.05, 0.1) is 0 Å². The van der Waals surface area contributed by atoms with E-state index in [4.69, 9.17) is 0 Å². The monoisotopic (exact) mass is 214 g/mol. The van der Waals surface area contributed by atoms with Crippen LogP contribution in [0.15, 0.2) is 22.7 Å². The lowest BCUT2D eigenvalue weighted by Crippen LogP contribution is -1.88. The van der Waals surface area contributed by atoms with Crippen molar-refractivity contribution in [1.82, 2.24) is 0 Å². The minimum absolute atomic E-state index is 0.414. The topological polar surface area (TPSA) is 26.3 Å². The average Bonchev–Trinajstić information content (AvgIpc) is 1.98. The SMILES string of the molecule is Cc1ccc(OC=O)cc1Br. The summed E-state index contributed by atoms with van der Waals surface area (Å²) in [7, 11) is 0. The van der Waals surface area contributed by atoms with Crippen LogP contribution in [-0.4, -0.2) is 6.47 Å². The summed E-state index contributed by atoms with van der Waals surface area (Å²) in [5.74, 6) is 0.553. The van der Waals surface area contributed by atoms with E-state index in [1.165, 1.54) is 0 Å². The fourth-order valence-electron chi connectivity index (χ4n) is 0.702. The van der Waals surface area contributed by atoms with Crippen LogP contribution in [0.3, 0.4) is 0 Å². The maximum atomic E-state index is 9.93. The lowest BCUT2D eigenvalue weighted by Gasteiger charge is -1.99. The van der Waals surface area contributed by atoms with Gasteiger partial charge in [0.1, 0.15) is 5.75 Å². The molecule has 0 saturated heterocycles. The Morgan fingerprint density at radius 3 is 2.82 bits per heavy atom. The number of carbonyl (C=O) groups is 1. The summed E-state index contributed by atoms with van der Waals surface area (Å²) in [6, 6.07) is 5.38. The number of carbonyl (C=O) groups excluding carboxylic acids is 1. The Kier molecular flexibility index (Phi) is 2.65. The summed E-state index contributed by atoms with van der Waals surface area (Å²) >= 11 is 3.32. The fraction of sp³-hybridized carbons (Fsp3) is 0.125. The molecule has 0 aromatic heterocycles. The highest BCUT2D eigenvalue weighted by atomic mass is 79.9. The van der Waals surface area contributed by atoms with Gasteiger partial charge >= 0.3 is 0 Å². The number of hydrogen-bond acceptors (Lipinski definition) is 2. The van der Waals surface area contributed by atoms with Crippen molar-refractivity contribution in [2.75, 3.05) is 0 Å². The Hall–Kier alpha value is -0.830. The minimum atomic E-state index is 0.414. The van der Waals surface area contributed by atoms with E-state index in [0.29, 0.717) is 12.2 Å². The number of aryl methyl sites for hydroxylation is 1. The van der Waals surface area contributed by atoms with Crippen LogP contribution in [0.5, 0.6) is 5.75 Å². The van der Waals surface area contributed by atoms with Gasteiger partial charge in [0, 0.05) is 4.47 Å². The van der Waals surface area contributed by atoms with Crippen molar-refractivity contribution >= 4 is 22.4 Å². The van der Waals surface area contributed by atoms with Crippen molar-refractivity contribution in [3.63, 3.8) is 0 Å². The highest BCUT2D eigenvalue weighted by molar-refractivity contribution is 9.10. The van der Waals surface area contributed by atoms with E-state index in [1.54, 1.807) is 12.1 Å². The van der Waals surface area contributed by atoms with E-state index >= 15 is 0 Å². The zero-order valence-corrected chi connectivity index (χ0v) is 7.59. The third-order valence-electron chi connectivity index (χ3n) is 1.33. The molecule has 1 rings (SSSR count). The van der Waals surface area contributed by atoms with Crippen molar-refractivity contribution in [2.45, 2.75) is 6.92 Å². The molecule has 0 aliphatic carbocycles. The highest BCUT2D eigenvalue weighted by Crippen LogP contribution is 2.21. The first kappa shape index (κ1) is 8.27. The summed E-state index contributed by atoms with van der Waals surface area (Å²) < 4.78 is 5.57. The van der Waals surface area contributed by atoms with Gasteiger partial charge in [-0.25, -0.2) is 0 Å². The molecule has 0 amide bonds. The van der Waals surface area contributed by atoms with Gasteiger partial charge in [0.2, 0.25) is 0 Å². The van der Waals surface area contributed by atoms with Crippen molar-refractivity contribution < 1.29 is 9.53 Å². The molecule has 3 heteroatoms. The van der Waals surface area contributed by atoms with Crippen molar-refractivity contribution in [1.29, 1.82) is 0 Å². The second-order valence-electron chi connectivity index (χ2n) is 2.13. The van der Waals surface area contributed by atoms with Gasteiger partial charge < -0.3 is 4.74 Å². The third kappa shape index (κ3) is 2.05. The smallest absolute Gasteiger partial charge is 0.298 e. The molecule has 2 nitrogen and oxygen atoms in total. The summed E-state index contributed by atoms with van der Waals surface area (Å²) in [4.78, 5) is 9.93. The van der Waals surface area contributed by atoms with Crippen LogP contribution in [0.25, 0.3) is 0 Å². The molecular formula is C8H7BrO2. The maximum absolute atomic E-state index is 9.93. The normalized spacial score (nSPS) is 9.27. The lowest BCUT2D eigenvalue weighted by molar-refractivity contribution is -0.120. The largest absolute Gasteiger partial charge is 0.429 e. The molecule has 0 fully saturated rings. The number of hydrogen-bond donors (Lipinski definition) is 0. The first-order valence-electron chi connectivity index (χ1n) is 3.10. The molecule has 58 valence electrons. The second-order valence-corrected chi connectivity index (χ2v) is 2.98. The lowest BCUT2D eigenvalue weighted by atomic mass is 10.2. The van der Waals surface area contributed by atoms with Crippen molar-refractivity contribution in [2.24, 2.45) is 0 Å². The Bertz CT molecular complexity index is 271. The fourth-order valence-corrected chi connectivity index (χ4v) is 1.06. The number of benzene rings is 1. The van der Waals surface area contributed by atoms with Crippen LogP contribution >= 0.6 is 15.9 Å². The van der Waals surface area contributed by atoms with Gasteiger partial charge in [-0.1, -0.05) is 22.0 Å². The van der Waals surface area contributed by atoms with E-state index in [-0.39, 0.29) is 0 Å². The molecule has 0 bridgehead atoms. The van der Waals surface area contributed by atoms with Crippen LogP contribution in [0, 0.1) is 6.92 Å². The van der Waals surface area contributed by atoms with E-state index in [1.807, 2.05) is 13.0 Å². The van der Waals surface area contributed by atoms with Gasteiger partial charge in [0.25, 0.3) is 6.47 Å². The van der Waals surface area contributed by atoms with Crippen LogP contribution in [-0.2, 0) is 4.79 Å². The Labute approximate surface area is 73.3 Å². The molecule has 0 atom stereocenters. The molecular weight excluding hydrogens is 208 g/mol. The van der Waals surface area contributed by atoms with Gasteiger partial charge in [0.15, 0.2) is 0 Å². The Morgan fingerprint density at radius 2 is 2.27 bits per heavy atom. The predicted molar refractivity (Wildman–Crippen MR) is 45.6 cm³/mol. The average molecular weight is 215 g/mol. The van der Waals surface area contributed by atoms with Crippen LogP contribution in [0.2, 0.25) is 0 Å². The van der Waals surface area contributed by atoms with Gasteiger partial charge in [-0.2, -0.15) is 0 Å². The Morgan fingerprint density at radius 1 is 1.55 bits per heavy atom.